The molecule has 0 bridgehead atoms. The number of hydrogen-bond acceptors (Lipinski definition) is 2. The molecule has 0 aliphatic carbocycles. The number of aliphatic hydroxyl groups excluding tert-OH is 1. The molecule has 1 aromatic carbocycles. The summed E-state index contributed by atoms with van der Waals surface area (Å²) in [6.45, 7) is 3.48. The first kappa shape index (κ1) is 12.2. The molecule has 0 heterocycles. The van der Waals surface area contributed by atoms with Crippen LogP contribution < -0.4 is 5.32 Å². The smallest absolute Gasteiger partial charge is 0.0914 e. The van der Waals surface area contributed by atoms with E-state index in [1.54, 1.807) is 0 Å². The third-order valence-corrected chi connectivity index (χ3v) is 3.80. The van der Waals surface area contributed by atoms with Gasteiger partial charge in [-0.25, -0.2) is 0 Å². The second kappa shape index (κ2) is 5.85. The van der Waals surface area contributed by atoms with Gasteiger partial charge < -0.3 is 10.4 Å². The highest BCUT2D eigenvalue weighted by atomic mass is 79.9. The average molecular weight is 323 g/mol. The maximum absolute atomic E-state index is 9.77. The standard InChI is InChI=1S/C10H13Br2NO/c1-2-13-6-10(14)7-3-4-8(11)9(12)5-7/h3-5,10,13-14H,2,6H2,1H3. The molecule has 1 rings (SSSR count). The molecule has 0 aliphatic heterocycles. The molecule has 2 nitrogen and oxygen atoms in total. The SMILES string of the molecule is CCNCC(O)c1ccc(Br)c(Br)c1. The zero-order chi connectivity index (χ0) is 10.6. The maximum atomic E-state index is 9.77. The quantitative estimate of drug-likeness (QED) is 0.893. The molecular weight excluding hydrogens is 310 g/mol. The molecule has 14 heavy (non-hydrogen) atoms. The van der Waals surface area contributed by atoms with Crippen molar-refractivity contribution in [2.45, 2.75) is 13.0 Å². The van der Waals surface area contributed by atoms with Crippen molar-refractivity contribution in [1.29, 1.82) is 0 Å². The summed E-state index contributed by atoms with van der Waals surface area (Å²) < 4.78 is 1.96. The van der Waals surface area contributed by atoms with Crippen LogP contribution in [-0.4, -0.2) is 18.2 Å². The van der Waals surface area contributed by atoms with Crippen molar-refractivity contribution in [3.8, 4) is 0 Å². The Bertz CT molecular complexity index is 304. The van der Waals surface area contributed by atoms with Gasteiger partial charge in [0.1, 0.15) is 0 Å². The molecule has 0 aliphatic rings. The molecule has 2 N–H and O–H groups in total. The minimum atomic E-state index is -0.445. The van der Waals surface area contributed by atoms with E-state index in [4.69, 9.17) is 0 Å². The van der Waals surface area contributed by atoms with Crippen LogP contribution in [0.4, 0.5) is 0 Å². The van der Waals surface area contributed by atoms with Crippen LogP contribution in [-0.2, 0) is 0 Å². The lowest BCUT2D eigenvalue weighted by atomic mass is 10.1. The lowest BCUT2D eigenvalue weighted by Gasteiger charge is -2.11. The minimum absolute atomic E-state index is 0.445. The fraction of sp³-hybridized carbons (Fsp3) is 0.400. The van der Waals surface area contributed by atoms with Crippen LogP contribution >= 0.6 is 31.9 Å². The van der Waals surface area contributed by atoms with Crippen molar-refractivity contribution in [2.75, 3.05) is 13.1 Å². The average Bonchev–Trinajstić information content (AvgIpc) is 2.18. The first-order valence-electron chi connectivity index (χ1n) is 4.49. The number of halogens is 2. The normalized spacial score (nSPS) is 12.9. The van der Waals surface area contributed by atoms with Crippen molar-refractivity contribution in [2.24, 2.45) is 0 Å². The van der Waals surface area contributed by atoms with E-state index in [0.29, 0.717) is 6.54 Å². The van der Waals surface area contributed by atoms with E-state index in [-0.39, 0.29) is 0 Å². The summed E-state index contributed by atoms with van der Waals surface area (Å²) in [5, 5.41) is 12.9. The highest BCUT2D eigenvalue weighted by Gasteiger charge is 2.07. The molecule has 0 amide bonds. The number of nitrogens with one attached hydrogen (secondary N) is 1. The fourth-order valence-electron chi connectivity index (χ4n) is 1.12. The molecule has 0 fully saturated rings. The Morgan fingerprint density at radius 2 is 2.07 bits per heavy atom. The Hall–Kier alpha value is 0.1000. The van der Waals surface area contributed by atoms with Gasteiger partial charge in [0.2, 0.25) is 0 Å². The highest BCUT2D eigenvalue weighted by Crippen LogP contribution is 2.26. The largest absolute Gasteiger partial charge is 0.387 e. The molecule has 0 aromatic heterocycles. The summed E-state index contributed by atoms with van der Waals surface area (Å²) in [4.78, 5) is 0. The van der Waals surface area contributed by atoms with E-state index < -0.39 is 6.10 Å². The van der Waals surface area contributed by atoms with Crippen LogP contribution in [0.3, 0.4) is 0 Å². The van der Waals surface area contributed by atoms with Crippen LogP contribution in [0.15, 0.2) is 27.1 Å². The fourth-order valence-corrected chi connectivity index (χ4v) is 1.76. The molecule has 0 spiro atoms. The Labute approximate surface area is 101 Å². The maximum Gasteiger partial charge on any atom is 0.0914 e. The van der Waals surface area contributed by atoms with Gasteiger partial charge in [-0.15, -0.1) is 0 Å². The predicted molar refractivity (Wildman–Crippen MR) is 65.3 cm³/mol. The molecule has 4 heteroatoms. The number of benzene rings is 1. The zero-order valence-electron chi connectivity index (χ0n) is 7.93. The summed E-state index contributed by atoms with van der Waals surface area (Å²) >= 11 is 6.79. The molecule has 0 saturated heterocycles. The Kier molecular flexibility index (Phi) is 5.09. The van der Waals surface area contributed by atoms with Crippen LogP contribution in [0.5, 0.6) is 0 Å². The van der Waals surface area contributed by atoms with Crippen molar-refractivity contribution in [1.82, 2.24) is 5.32 Å². The zero-order valence-corrected chi connectivity index (χ0v) is 11.1. The highest BCUT2D eigenvalue weighted by molar-refractivity contribution is 9.13. The first-order chi connectivity index (χ1) is 6.65. The van der Waals surface area contributed by atoms with E-state index in [2.05, 4.69) is 37.2 Å². The second-order valence-corrected chi connectivity index (χ2v) is 4.71. The van der Waals surface area contributed by atoms with E-state index >= 15 is 0 Å². The number of hydrogen-bond donors (Lipinski definition) is 2. The number of aliphatic hydroxyl groups is 1. The van der Waals surface area contributed by atoms with Gasteiger partial charge in [-0.05, 0) is 56.1 Å². The van der Waals surface area contributed by atoms with Crippen molar-refractivity contribution in [3.05, 3.63) is 32.7 Å². The van der Waals surface area contributed by atoms with Gasteiger partial charge in [0.25, 0.3) is 0 Å². The van der Waals surface area contributed by atoms with E-state index in [1.807, 2.05) is 25.1 Å². The Morgan fingerprint density at radius 1 is 1.36 bits per heavy atom. The summed E-state index contributed by atoms with van der Waals surface area (Å²) in [5.74, 6) is 0. The van der Waals surface area contributed by atoms with Gasteiger partial charge in [0.15, 0.2) is 0 Å². The Morgan fingerprint density at radius 3 is 2.64 bits per heavy atom. The summed E-state index contributed by atoms with van der Waals surface area (Å²) in [7, 11) is 0. The first-order valence-corrected chi connectivity index (χ1v) is 6.07. The Balaban J connectivity index is 2.70. The van der Waals surface area contributed by atoms with E-state index in [9.17, 15) is 5.11 Å². The van der Waals surface area contributed by atoms with E-state index in [0.717, 1.165) is 21.1 Å². The number of rotatable bonds is 4. The molecule has 0 saturated carbocycles. The van der Waals surface area contributed by atoms with Crippen LogP contribution in [0, 0.1) is 0 Å². The molecule has 1 atom stereocenters. The summed E-state index contributed by atoms with van der Waals surface area (Å²) in [6, 6.07) is 5.76. The minimum Gasteiger partial charge on any atom is -0.387 e. The lowest BCUT2D eigenvalue weighted by molar-refractivity contribution is 0.175. The number of likely N-dealkylation sites (N-methyl/N-ethyl adjacent to an activating group) is 1. The van der Waals surface area contributed by atoms with Crippen molar-refractivity contribution >= 4 is 31.9 Å². The summed E-state index contributed by atoms with van der Waals surface area (Å²) in [5.41, 5.74) is 0.918. The van der Waals surface area contributed by atoms with Crippen molar-refractivity contribution in [3.63, 3.8) is 0 Å². The molecule has 78 valence electrons. The monoisotopic (exact) mass is 321 g/mol. The van der Waals surface area contributed by atoms with Gasteiger partial charge in [-0.3, -0.25) is 0 Å². The third kappa shape index (κ3) is 3.35. The van der Waals surface area contributed by atoms with Gasteiger partial charge >= 0.3 is 0 Å². The van der Waals surface area contributed by atoms with Crippen molar-refractivity contribution < 1.29 is 5.11 Å². The van der Waals surface area contributed by atoms with Gasteiger partial charge in [-0.2, -0.15) is 0 Å². The van der Waals surface area contributed by atoms with Gasteiger partial charge in [0.05, 0.1) is 6.10 Å². The van der Waals surface area contributed by atoms with Crippen LogP contribution in [0.2, 0.25) is 0 Å². The van der Waals surface area contributed by atoms with Crippen LogP contribution in [0.25, 0.3) is 0 Å². The third-order valence-electron chi connectivity index (χ3n) is 1.92. The second-order valence-electron chi connectivity index (χ2n) is 3.00. The summed E-state index contributed by atoms with van der Waals surface area (Å²) in [6.07, 6.45) is -0.445. The van der Waals surface area contributed by atoms with Gasteiger partial charge in [0, 0.05) is 15.5 Å². The topological polar surface area (TPSA) is 32.3 Å². The predicted octanol–water partition coefficient (Wildman–Crippen LogP) is 2.85. The van der Waals surface area contributed by atoms with E-state index in [1.165, 1.54) is 0 Å². The van der Waals surface area contributed by atoms with Crippen LogP contribution in [0.1, 0.15) is 18.6 Å². The molecule has 1 aromatic rings. The molecular formula is C10H13Br2NO. The lowest BCUT2D eigenvalue weighted by Crippen LogP contribution is -2.20. The van der Waals surface area contributed by atoms with Gasteiger partial charge in [-0.1, -0.05) is 13.0 Å². The molecule has 1 unspecified atom stereocenters. The molecule has 0 radical (unpaired) electrons.